The van der Waals surface area contributed by atoms with Crippen molar-refractivity contribution in [2.45, 2.75) is 19.9 Å². The summed E-state index contributed by atoms with van der Waals surface area (Å²) in [7, 11) is 3.12. The summed E-state index contributed by atoms with van der Waals surface area (Å²) in [5, 5.41) is 3.30. The second-order valence-electron chi connectivity index (χ2n) is 5.61. The van der Waals surface area contributed by atoms with Gasteiger partial charge in [0.1, 0.15) is 17.1 Å². The van der Waals surface area contributed by atoms with Crippen LogP contribution < -0.4 is 10.2 Å². The van der Waals surface area contributed by atoms with Gasteiger partial charge in [-0.3, -0.25) is 4.99 Å². The highest BCUT2D eigenvalue weighted by molar-refractivity contribution is 5.97. The van der Waals surface area contributed by atoms with Gasteiger partial charge < -0.3 is 19.4 Å². The molecule has 0 saturated heterocycles. The smallest absolute Gasteiger partial charge is 0.341 e. The van der Waals surface area contributed by atoms with E-state index in [1.54, 1.807) is 20.0 Å². The van der Waals surface area contributed by atoms with Crippen LogP contribution in [0.15, 0.2) is 39.7 Å². The molecule has 126 valence electrons. The summed E-state index contributed by atoms with van der Waals surface area (Å²) in [4.78, 5) is 18.2. The Labute approximate surface area is 141 Å². The molecule has 0 fully saturated rings. The number of nitrogens with zero attached hydrogens (tertiary/aromatic N) is 2. The van der Waals surface area contributed by atoms with Crippen LogP contribution in [0, 0.1) is 6.92 Å². The van der Waals surface area contributed by atoms with Crippen LogP contribution in [0.3, 0.4) is 0 Å². The lowest BCUT2D eigenvalue weighted by atomic mass is 10.2. The van der Waals surface area contributed by atoms with Crippen molar-refractivity contribution in [1.29, 1.82) is 0 Å². The molecule has 2 aromatic rings. The van der Waals surface area contributed by atoms with Gasteiger partial charge in [-0.15, -0.1) is 0 Å². The number of aliphatic imine (C=N–C) groups is 1. The van der Waals surface area contributed by atoms with Crippen LogP contribution in [0.5, 0.6) is 0 Å². The fourth-order valence-electron chi connectivity index (χ4n) is 2.96. The van der Waals surface area contributed by atoms with Crippen molar-refractivity contribution >= 4 is 17.6 Å². The minimum Gasteiger partial charge on any atom is -0.465 e. The molecule has 1 aliphatic rings. The number of esters is 1. The Kier molecular flexibility index (Phi) is 4.55. The first-order chi connectivity index (χ1) is 11.6. The standard InChI is InChI=1S/C18H21N3O3/c1-12-15(17(22)23-3)10-14(24-12)11-20-18(19-2)21-9-8-13-6-4-5-7-16(13)21/h4-7,10H,8-9,11H2,1-3H3,(H,19,20). The average molecular weight is 327 g/mol. The van der Waals surface area contributed by atoms with Gasteiger partial charge in [-0.2, -0.15) is 0 Å². The largest absolute Gasteiger partial charge is 0.465 e. The van der Waals surface area contributed by atoms with Crippen LogP contribution in [0.25, 0.3) is 0 Å². The lowest BCUT2D eigenvalue weighted by molar-refractivity contribution is 0.0599. The Morgan fingerprint density at radius 1 is 1.42 bits per heavy atom. The van der Waals surface area contributed by atoms with Gasteiger partial charge in [-0.25, -0.2) is 4.79 Å². The summed E-state index contributed by atoms with van der Waals surface area (Å²) in [6.45, 7) is 3.09. The van der Waals surface area contributed by atoms with Crippen LogP contribution in [0.1, 0.15) is 27.4 Å². The van der Waals surface area contributed by atoms with E-state index in [9.17, 15) is 4.79 Å². The zero-order chi connectivity index (χ0) is 17.1. The molecule has 1 aromatic heterocycles. The SMILES string of the molecule is CN=C(NCc1cc(C(=O)OC)c(C)o1)N1CCc2ccccc21. The molecular weight excluding hydrogens is 306 g/mol. The molecular formula is C18H21N3O3. The van der Waals surface area contributed by atoms with E-state index in [1.165, 1.54) is 18.4 Å². The highest BCUT2D eigenvalue weighted by atomic mass is 16.5. The quantitative estimate of drug-likeness (QED) is 0.533. The monoisotopic (exact) mass is 327 g/mol. The van der Waals surface area contributed by atoms with Crippen molar-refractivity contribution in [2.24, 2.45) is 4.99 Å². The zero-order valence-corrected chi connectivity index (χ0v) is 14.1. The van der Waals surface area contributed by atoms with E-state index in [-0.39, 0.29) is 5.97 Å². The van der Waals surface area contributed by atoms with Crippen molar-refractivity contribution in [3.05, 3.63) is 53.0 Å². The number of ether oxygens (including phenoxy) is 1. The molecule has 6 heteroatoms. The molecule has 0 unspecified atom stereocenters. The maximum absolute atomic E-state index is 11.7. The highest BCUT2D eigenvalue weighted by Gasteiger charge is 2.23. The van der Waals surface area contributed by atoms with Crippen LogP contribution >= 0.6 is 0 Å². The molecule has 2 heterocycles. The van der Waals surface area contributed by atoms with Gasteiger partial charge in [0, 0.05) is 19.3 Å². The molecule has 24 heavy (non-hydrogen) atoms. The number of anilines is 1. The first-order valence-corrected chi connectivity index (χ1v) is 7.87. The van der Waals surface area contributed by atoms with E-state index in [2.05, 4.69) is 33.4 Å². The second kappa shape index (κ2) is 6.78. The van der Waals surface area contributed by atoms with Gasteiger partial charge in [0.05, 0.1) is 13.7 Å². The predicted octanol–water partition coefficient (Wildman–Crippen LogP) is 2.51. The summed E-state index contributed by atoms with van der Waals surface area (Å²) in [6.07, 6.45) is 1.00. The first kappa shape index (κ1) is 16.1. The van der Waals surface area contributed by atoms with Crippen LogP contribution in [0.2, 0.25) is 0 Å². The third-order valence-electron chi connectivity index (χ3n) is 4.15. The van der Waals surface area contributed by atoms with Crippen LogP contribution in [-0.2, 0) is 17.7 Å². The maximum atomic E-state index is 11.7. The minimum absolute atomic E-state index is 0.389. The molecule has 6 nitrogen and oxygen atoms in total. The molecule has 1 N–H and O–H groups in total. The Morgan fingerprint density at radius 3 is 2.96 bits per heavy atom. The number of hydrogen-bond donors (Lipinski definition) is 1. The summed E-state index contributed by atoms with van der Waals surface area (Å²) in [5.41, 5.74) is 2.95. The van der Waals surface area contributed by atoms with Crippen molar-refractivity contribution in [3.8, 4) is 0 Å². The molecule has 0 amide bonds. The molecule has 3 rings (SSSR count). The van der Waals surface area contributed by atoms with Gasteiger partial charge in [0.25, 0.3) is 0 Å². The van der Waals surface area contributed by atoms with E-state index in [0.717, 1.165) is 18.9 Å². The van der Waals surface area contributed by atoms with Crippen LogP contribution in [0.4, 0.5) is 5.69 Å². The number of carbonyl (C=O) groups excluding carboxylic acids is 1. The number of rotatable bonds is 3. The van der Waals surface area contributed by atoms with E-state index in [1.807, 2.05) is 6.07 Å². The van der Waals surface area contributed by atoms with Gasteiger partial charge in [-0.1, -0.05) is 18.2 Å². The average Bonchev–Trinajstić information content (AvgIpc) is 3.19. The van der Waals surface area contributed by atoms with E-state index >= 15 is 0 Å². The van der Waals surface area contributed by atoms with Gasteiger partial charge in [0.2, 0.25) is 0 Å². The number of para-hydroxylation sites is 1. The van der Waals surface area contributed by atoms with Crippen molar-refractivity contribution in [1.82, 2.24) is 5.32 Å². The van der Waals surface area contributed by atoms with Gasteiger partial charge >= 0.3 is 5.97 Å². The normalized spacial score (nSPS) is 13.8. The number of carbonyl (C=O) groups is 1. The fraction of sp³-hybridized carbons (Fsp3) is 0.333. The molecule has 0 radical (unpaired) electrons. The van der Waals surface area contributed by atoms with Gasteiger partial charge in [-0.05, 0) is 31.0 Å². The Hall–Kier alpha value is -2.76. The van der Waals surface area contributed by atoms with Crippen molar-refractivity contribution in [3.63, 3.8) is 0 Å². The Bertz CT molecular complexity index is 780. The number of furan rings is 1. The number of aryl methyl sites for hydroxylation is 1. The first-order valence-electron chi connectivity index (χ1n) is 7.87. The fourth-order valence-corrected chi connectivity index (χ4v) is 2.96. The summed E-state index contributed by atoms with van der Waals surface area (Å²) in [6, 6.07) is 10.0. The van der Waals surface area contributed by atoms with Gasteiger partial charge in [0.15, 0.2) is 5.96 Å². The van der Waals surface area contributed by atoms with E-state index in [4.69, 9.17) is 9.15 Å². The molecule has 0 spiro atoms. The number of benzene rings is 1. The molecule has 0 atom stereocenters. The third-order valence-corrected chi connectivity index (χ3v) is 4.15. The summed E-state index contributed by atoms with van der Waals surface area (Å²) >= 11 is 0. The number of methoxy groups -OCH3 is 1. The van der Waals surface area contributed by atoms with E-state index in [0.29, 0.717) is 23.6 Å². The molecule has 0 bridgehead atoms. The number of nitrogens with one attached hydrogen (secondary N) is 1. The lowest BCUT2D eigenvalue weighted by Crippen LogP contribution is -2.40. The lowest BCUT2D eigenvalue weighted by Gasteiger charge is -2.21. The Balaban J connectivity index is 1.71. The number of hydrogen-bond acceptors (Lipinski definition) is 4. The van der Waals surface area contributed by atoms with E-state index < -0.39 is 0 Å². The third kappa shape index (κ3) is 2.99. The minimum atomic E-state index is -0.389. The number of guanidine groups is 1. The van der Waals surface area contributed by atoms with Crippen LogP contribution in [-0.4, -0.2) is 32.6 Å². The Morgan fingerprint density at radius 2 is 2.21 bits per heavy atom. The number of fused-ring (bicyclic) bond motifs is 1. The molecule has 0 saturated carbocycles. The van der Waals surface area contributed by atoms with Crippen molar-refractivity contribution < 1.29 is 13.9 Å². The second-order valence-corrected chi connectivity index (χ2v) is 5.61. The molecule has 0 aliphatic carbocycles. The zero-order valence-electron chi connectivity index (χ0n) is 14.1. The highest BCUT2D eigenvalue weighted by Crippen LogP contribution is 2.27. The van der Waals surface area contributed by atoms with Crippen molar-refractivity contribution in [2.75, 3.05) is 25.6 Å². The molecule has 1 aliphatic heterocycles. The maximum Gasteiger partial charge on any atom is 0.341 e. The summed E-state index contributed by atoms with van der Waals surface area (Å²) in [5.74, 6) is 1.62. The summed E-state index contributed by atoms with van der Waals surface area (Å²) < 4.78 is 10.4. The molecule has 1 aromatic carbocycles. The predicted molar refractivity (Wildman–Crippen MR) is 92.5 cm³/mol. The topological polar surface area (TPSA) is 67.1 Å².